The molecule has 1 atom stereocenters. The van der Waals surface area contributed by atoms with Gasteiger partial charge in [-0.15, -0.1) is 11.3 Å². The first-order valence-electron chi connectivity index (χ1n) is 11.7. The Morgan fingerprint density at radius 3 is 2.88 bits per heavy atom. The third-order valence-corrected chi connectivity index (χ3v) is 6.73. The molecule has 2 heterocycles. The Labute approximate surface area is 199 Å². The fraction of sp³-hybridized carbons (Fsp3) is 0.520. The molecular formula is C25H34FN3O3S. The van der Waals surface area contributed by atoms with Gasteiger partial charge in [0.1, 0.15) is 24.7 Å². The molecule has 3 amide bonds. The highest BCUT2D eigenvalue weighted by Gasteiger charge is 2.33. The standard InChI is InChI=1S/C25H34FN3O3S/c1-4-11-27-25(31)28(12-8-18(2)3)16-24(30)29-13-9-23-21(10-14-33-23)22(29)17-32-20-7-5-6-19(26)15-20/h5-7,10,14-15,18,22H,4,8-9,11-13,16-17H2,1-3H3,(H,27,31)/t22-/m0/s1. The Hall–Kier alpha value is -2.61. The van der Waals surface area contributed by atoms with Gasteiger partial charge in [0.25, 0.3) is 0 Å². The van der Waals surface area contributed by atoms with E-state index < -0.39 is 0 Å². The number of amides is 3. The van der Waals surface area contributed by atoms with E-state index in [4.69, 9.17) is 4.74 Å². The third kappa shape index (κ3) is 6.93. The lowest BCUT2D eigenvalue weighted by molar-refractivity contribution is -0.135. The lowest BCUT2D eigenvalue weighted by Crippen LogP contribution is -2.50. The number of benzene rings is 1. The summed E-state index contributed by atoms with van der Waals surface area (Å²) in [6.07, 6.45) is 2.45. The Balaban J connectivity index is 1.74. The molecule has 2 aromatic rings. The van der Waals surface area contributed by atoms with Crippen LogP contribution in [0.5, 0.6) is 5.75 Å². The molecule has 0 aliphatic carbocycles. The van der Waals surface area contributed by atoms with Crippen molar-refractivity contribution in [1.82, 2.24) is 15.1 Å². The maximum atomic E-state index is 13.6. The van der Waals surface area contributed by atoms with E-state index in [9.17, 15) is 14.0 Å². The summed E-state index contributed by atoms with van der Waals surface area (Å²) in [4.78, 5) is 30.8. The number of halogens is 1. The molecule has 1 aliphatic heterocycles. The zero-order valence-electron chi connectivity index (χ0n) is 19.7. The van der Waals surface area contributed by atoms with Gasteiger partial charge in [-0.05, 0) is 54.3 Å². The highest BCUT2D eigenvalue weighted by molar-refractivity contribution is 7.10. The van der Waals surface area contributed by atoms with Crippen molar-refractivity contribution >= 4 is 23.3 Å². The van der Waals surface area contributed by atoms with E-state index in [1.807, 2.05) is 23.3 Å². The van der Waals surface area contributed by atoms with E-state index in [2.05, 4.69) is 19.2 Å². The summed E-state index contributed by atoms with van der Waals surface area (Å²) in [6, 6.07) is 7.58. The van der Waals surface area contributed by atoms with Crippen LogP contribution in [0.1, 0.15) is 50.1 Å². The molecule has 1 aromatic carbocycles. The van der Waals surface area contributed by atoms with Gasteiger partial charge in [-0.3, -0.25) is 4.79 Å². The minimum absolute atomic E-state index is 0.0260. The molecule has 0 saturated heterocycles. The van der Waals surface area contributed by atoms with Gasteiger partial charge in [0, 0.05) is 30.6 Å². The summed E-state index contributed by atoms with van der Waals surface area (Å²) in [5.74, 6) is 0.397. The Kier molecular flexibility index (Phi) is 9.11. The molecule has 180 valence electrons. The van der Waals surface area contributed by atoms with Gasteiger partial charge in [0.2, 0.25) is 5.91 Å². The van der Waals surface area contributed by atoms with E-state index in [0.717, 1.165) is 24.8 Å². The summed E-state index contributed by atoms with van der Waals surface area (Å²) >= 11 is 1.68. The van der Waals surface area contributed by atoms with Crippen LogP contribution in [0.4, 0.5) is 9.18 Å². The first-order valence-corrected chi connectivity index (χ1v) is 12.5. The van der Waals surface area contributed by atoms with Crippen molar-refractivity contribution in [2.45, 2.75) is 46.1 Å². The van der Waals surface area contributed by atoms with Crippen molar-refractivity contribution in [3.8, 4) is 5.75 Å². The van der Waals surface area contributed by atoms with Gasteiger partial charge >= 0.3 is 6.03 Å². The van der Waals surface area contributed by atoms with Crippen molar-refractivity contribution < 1.29 is 18.7 Å². The molecule has 0 fully saturated rings. The van der Waals surface area contributed by atoms with E-state index in [1.54, 1.807) is 28.4 Å². The molecule has 0 radical (unpaired) electrons. The molecule has 1 N–H and O–H groups in total. The average molecular weight is 476 g/mol. The minimum Gasteiger partial charge on any atom is -0.491 e. The largest absolute Gasteiger partial charge is 0.491 e. The molecule has 33 heavy (non-hydrogen) atoms. The van der Waals surface area contributed by atoms with Crippen LogP contribution < -0.4 is 10.1 Å². The van der Waals surface area contributed by atoms with Crippen LogP contribution in [0, 0.1) is 11.7 Å². The van der Waals surface area contributed by atoms with Crippen molar-refractivity contribution in [1.29, 1.82) is 0 Å². The first kappa shape index (κ1) is 25.0. The van der Waals surface area contributed by atoms with Gasteiger partial charge in [-0.2, -0.15) is 0 Å². The molecule has 3 rings (SSSR count). The van der Waals surface area contributed by atoms with Crippen LogP contribution >= 0.6 is 11.3 Å². The average Bonchev–Trinajstić information content (AvgIpc) is 3.27. The molecule has 1 aliphatic rings. The Morgan fingerprint density at radius 1 is 1.33 bits per heavy atom. The number of hydrogen-bond donors (Lipinski definition) is 1. The SMILES string of the molecule is CCCNC(=O)N(CCC(C)C)CC(=O)N1CCc2sccc2[C@@H]1COc1cccc(F)c1. The monoisotopic (exact) mass is 475 g/mol. The number of urea groups is 1. The Morgan fingerprint density at radius 2 is 2.15 bits per heavy atom. The highest BCUT2D eigenvalue weighted by Crippen LogP contribution is 2.34. The van der Waals surface area contributed by atoms with E-state index in [1.165, 1.54) is 17.0 Å². The second-order valence-electron chi connectivity index (χ2n) is 8.76. The summed E-state index contributed by atoms with van der Waals surface area (Å²) in [7, 11) is 0. The maximum absolute atomic E-state index is 13.6. The number of nitrogens with one attached hydrogen (secondary N) is 1. The summed E-state index contributed by atoms with van der Waals surface area (Å²) in [5.41, 5.74) is 1.07. The number of nitrogens with zero attached hydrogens (tertiary/aromatic N) is 2. The van der Waals surface area contributed by atoms with Gasteiger partial charge in [-0.1, -0.05) is 26.8 Å². The Bertz CT molecular complexity index is 933. The highest BCUT2D eigenvalue weighted by atomic mass is 32.1. The van der Waals surface area contributed by atoms with Crippen LogP contribution in [-0.4, -0.2) is 54.5 Å². The topological polar surface area (TPSA) is 61.9 Å². The fourth-order valence-corrected chi connectivity index (χ4v) is 4.80. The second kappa shape index (κ2) is 12.0. The summed E-state index contributed by atoms with van der Waals surface area (Å²) in [5, 5.41) is 4.93. The summed E-state index contributed by atoms with van der Waals surface area (Å²) in [6.45, 7) is 8.14. The number of ether oxygens (including phenoxy) is 1. The van der Waals surface area contributed by atoms with Crippen LogP contribution in [-0.2, 0) is 11.2 Å². The van der Waals surface area contributed by atoms with E-state index >= 15 is 0 Å². The van der Waals surface area contributed by atoms with Crippen LogP contribution in [0.15, 0.2) is 35.7 Å². The molecular weight excluding hydrogens is 441 g/mol. The predicted octanol–water partition coefficient (Wildman–Crippen LogP) is 4.86. The van der Waals surface area contributed by atoms with Gasteiger partial charge in [-0.25, -0.2) is 9.18 Å². The van der Waals surface area contributed by atoms with Gasteiger partial charge in [0.15, 0.2) is 0 Å². The molecule has 0 bridgehead atoms. The lowest BCUT2D eigenvalue weighted by atomic mass is 10.0. The minimum atomic E-state index is -0.362. The number of hydrogen-bond acceptors (Lipinski definition) is 4. The van der Waals surface area contributed by atoms with Crippen molar-refractivity contribution in [2.24, 2.45) is 5.92 Å². The molecule has 0 saturated carbocycles. The van der Waals surface area contributed by atoms with Gasteiger partial charge < -0.3 is 19.9 Å². The number of rotatable bonds is 10. The van der Waals surface area contributed by atoms with Crippen molar-refractivity contribution in [2.75, 3.05) is 32.8 Å². The van der Waals surface area contributed by atoms with Gasteiger partial charge in [0.05, 0.1) is 6.04 Å². The third-order valence-electron chi connectivity index (χ3n) is 5.74. The second-order valence-corrected chi connectivity index (χ2v) is 9.76. The smallest absolute Gasteiger partial charge is 0.317 e. The van der Waals surface area contributed by atoms with Crippen LogP contribution in [0.3, 0.4) is 0 Å². The number of thiophene rings is 1. The van der Waals surface area contributed by atoms with Crippen molar-refractivity contribution in [3.05, 3.63) is 52.0 Å². The van der Waals surface area contributed by atoms with Crippen LogP contribution in [0.25, 0.3) is 0 Å². The number of carbonyl (C=O) groups is 2. The normalized spacial score (nSPS) is 15.3. The first-order chi connectivity index (χ1) is 15.9. The maximum Gasteiger partial charge on any atom is 0.317 e. The summed E-state index contributed by atoms with van der Waals surface area (Å²) < 4.78 is 19.5. The molecule has 8 heteroatoms. The zero-order valence-corrected chi connectivity index (χ0v) is 20.5. The quantitative estimate of drug-likeness (QED) is 0.534. The van der Waals surface area contributed by atoms with Crippen LogP contribution in [0.2, 0.25) is 0 Å². The van der Waals surface area contributed by atoms with Crippen molar-refractivity contribution in [3.63, 3.8) is 0 Å². The zero-order chi connectivity index (χ0) is 23.8. The molecule has 0 unspecified atom stereocenters. The molecule has 6 nitrogen and oxygen atoms in total. The predicted molar refractivity (Wildman–Crippen MR) is 129 cm³/mol. The number of carbonyl (C=O) groups excluding carboxylic acids is 2. The van der Waals surface area contributed by atoms with E-state index in [0.29, 0.717) is 31.3 Å². The molecule has 1 aromatic heterocycles. The molecule has 0 spiro atoms. The lowest BCUT2D eigenvalue weighted by Gasteiger charge is -2.37. The number of fused-ring (bicyclic) bond motifs is 1. The fourth-order valence-electron chi connectivity index (χ4n) is 3.87. The van der Waals surface area contributed by atoms with E-state index in [-0.39, 0.29) is 36.9 Å².